The number of nitrogens with zero attached hydrogens (tertiary/aromatic N) is 1. The monoisotopic (exact) mass is 316 g/mol. The first-order valence-corrected chi connectivity index (χ1v) is 6.93. The van der Waals surface area contributed by atoms with Crippen molar-refractivity contribution in [3.63, 3.8) is 0 Å². The van der Waals surface area contributed by atoms with E-state index in [0.29, 0.717) is 5.56 Å². The summed E-state index contributed by atoms with van der Waals surface area (Å²) < 4.78 is 26.7. The quantitative estimate of drug-likeness (QED) is 0.846. The fourth-order valence-electron chi connectivity index (χ4n) is 3.04. The van der Waals surface area contributed by atoms with Crippen LogP contribution in [0, 0.1) is 11.6 Å². The van der Waals surface area contributed by atoms with Gasteiger partial charge < -0.3 is 14.8 Å². The van der Waals surface area contributed by atoms with E-state index in [1.54, 1.807) is 12.1 Å². The Hall–Kier alpha value is -2.76. The van der Waals surface area contributed by atoms with Crippen molar-refractivity contribution in [2.45, 2.75) is 12.0 Å². The fraction of sp³-hybridized carbons (Fsp3) is 0.176. The molecule has 0 N–H and O–H groups in total. The lowest BCUT2D eigenvalue weighted by Crippen LogP contribution is -2.46. The molecule has 2 aromatic carbocycles. The first-order chi connectivity index (χ1) is 10.9. The Balaban J connectivity index is 2.20. The van der Waals surface area contributed by atoms with Crippen LogP contribution in [0.5, 0.6) is 0 Å². The van der Waals surface area contributed by atoms with Crippen molar-refractivity contribution in [1.82, 2.24) is 4.90 Å². The number of amides is 1. The number of carbonyl (C=O) groups is 2. The Morgan fingerprint density at radius 2 is 1.83 bits per heavy atom. The summed E-state index contributed by atoms with van der Waals surface area (Å²) in [6.45, 7) is 0. The van der Waals surface area contributed by atoms with E-state index in [9.17, 15) is 23.5 Å². The van der Waals surface area contributed by atoms with Gasteiger partial charge in [-0.15, -0.1) is 0 Å². The minimum absolute atomic E-state index is 0.198. The van der Waals surface area contributed by atoms with Crippen LogP contribution in [0.2, 0.25) is 0 Å². The van der Waals surface area contributed by atoms with Gasteiger partial charge in [0.1, 0.15) is 0 Å². The molecular weight excluding hydrogens is 304 g/mol. The summed E-state index contributed by atoms with van der Waals surface area (Å²) in [6.07, 6.45) is 0. The predicted octanol–water partition coefficient (Wildman–Crippen LogP) is 1.63. The number of halogens is 2. The van der Waals surface area contributed by atoms with E-state index in [1.165, 1.54) is 30.1 Å². The number of aliphatic carboxylic acids is 1. The van der Waals surface area contributed by atoms with Crippen molar-refractivity contribution < 1.29 is 23.5 Å². The summed E-state index contributed by atoms with van der Waals surface area (Å²) in [6, 6.07) is 8.45. The molecule has 3 rings (SSSR count). The van der Waals surface area contributed by atoms with Crippen molar-refractivity contribution in [3.05, 3.63) is 70.8 Å². The molecule has 23 heavy (non-hydrogen) atoms. The molecular formula is C17H12F2NO3-. The number of carboxylic acids is 1. The molecule has 0 saturated carbocycles. The number of hydrogen-bond donors (Lipinski definition) is 0. The SMILES string of the molecule is CN1C(=O)c2ccccc2C(C(=O)[O-])C1c1ccc(F)c(F)c1. The van der Waals surface area contributed by atoms with E-state index >= 15 is 0 Å². The van der Waals surface area contributed by atoms with E-state index in [-0.39, 0.29) is 17.0 Å². The zero-order valence-corrected chi connectivity index (χ0v) is 12.1. The summed E-state index contributed by atoms with van der Waals surface area (Å²) in [5.41, 5.74) is 0.775. The first kappa shape index (κ1) is 15.1. The molecule has 1 aliphatic rings. The van der Waals surface area contributed by atoms with E-state index < -0.39 is 29.6 Å². The van der Waals surface area contributed by atoms with Crippen molar-refractivity contribution in [1.29, 1.82) is 0 Å². The van der Waals surface area contributed by atoms with Crippen LogP contribution in [-0.4, -0.2) is 23.8 Å². The van der Waals surface area contributed by atoms with Crippen molar-refractivity contribution in [3.8, 4) is 0 Å². The number of fused-ring (bicyclic) bond motifs is 1. The van der Waals surface area contributed by atoms with Crippen LogP contribution in [0.1, 0.15) is 33.4 Å². The maximum absolute atomic E-state index is 13.5. The van der Waals surface area contributed by atoms with Crippen LogP contribution in [-0.2, 0) is 4.79 Å². The minimum atomic E-state index is -1.38. The van der Waals surface area contributed by atoms with Gasteiger partial charge in [0.2, 0.25) is 0 Å². The number of benzene rings is 2. The largest absolute Gasteiger partial charge is 0.549 e. The van der Waals surface area contributed by atoms with Gasteiger partial charge in [-0.1, -0.05) is 24.3 Å². The maximum Gasteiger partial charge on any atom is 0.254 e. The summed E-state index contributed by atoms with van der Waals surface area (Å²) >= 11 is 0. The molecule has 0 saturated heterocycles. The van der Waals surface area contributed by atoms with Gasteiger partial charge >= 0.3 is 0 Å². The molecule has 6 heteroatoms. The van der Waals surface area contributed by atoms with Gasteiger partial charge in [0, 0.05) is 18.5 Å². The highest BCUT2D eigenvalue weighted by Gasteiger charge is 2.39. The summed E-state index contributed by atoms with van der Waals surface area (Å²) in [4.78, 5) is 25.4. The van der Waals surface area contributed by atoms with E-state index in [2.05, 4.69) is 0 Å². The molecule has 2 atom stereocenters. The third kappa shape index (κ3) is 2.36. The third-order valence-electron chi connectivity index (χ3n) is 4.12. The van der Waals surface area contributed by atoms with Crippen LogP contribution >= 0.6 is 0 Å². The molecule has 0 aliphatic carbocycles. The summed E-state index contributed by atoms with van der Waals surface area (Å²) in [5.74, 6) is -5.07. The normalized spacial score (nSPS) is 20.3. The molecule has 118 valence electrons. The second-order valence-corrected chi connectivity index (χ2v) is 5.42. The lowest BCUT2D eigenvalue weighted by atomic mass is 9.80. The number of likely N-dealkylation sites (N-methyl/N-ethyl adjacent to an activating group) is 1. The molecule has 1 aliphatic heterocycles. The number of carboxylic acid groups (broad SMARTS) is 1. The Labute approximate surface area is 131 Å². The van der Waals surface area contributed by atoms with E-state index in [0.717, 1.165) is 12.1 Å². The second kappa shape index (κ2) is 5.46. The van der Waals surface area contributed by atoms with Gasteiger partial charge in [-0.05, 0) is 29.3 Å². The Bertz CT molecular complexity index is 806. The highest BCUT2D eigenvalue weighted by atomic mass is 19.2. The molecule has 4 nitrogen and oxygen atoms in total. The third-order valence-corrected chi connectivity index (χ3v) is 4.12. The van der Waals surface area contributed by atoms with Gasteiger partial charge in [0.15, 0.2) is 11.6 Å². The van der Waals surface area contributed by atoms with Crippen LogP contribution in [0.25, 0.3) is 0 Å². The molecule has 0 aromatic heterocycles. The molecule has 2 aromatic rings. The standard InChI is InChI=1S/C17H13F2NO3/c1-20-15(9-6-7-12(18)13(19)8-9)14(17(22)23)10-4-2-3-5-11(10)16(20)21/h2-8,14-15H,1H3,(H,22,23)/p-1. The number of rotatable bonds is 2. The molecule has 0 radical (unpaired) electrons. The van der Waals surface area contributed by atoms with Crippen LogP contribution in [0.3, 0.4) is 0 Å². The van der Waals surface area contributed by atoms with Gasteiger partial charge in [0.05, 0.1) is 12.0 Å². The molecule has 1 heterocycles. The van der Waals surface area contributed by atoms with Gasteiger partial charge in [-0.3, -0.25) is 4.79 Å². The Morgan fingerprint density at radius 1 is 1.13 bits per heavy atom. The van der Waals surface area contributed by atoms with Crippen LogP contribution in [0.15, 0.2) is 42.5 Å². The van der Waals surface area contributed by atoms with Crippen LogP contribution in [0.4, 0.5) is 8.78 Å². The van der Waals surface area contributed by atoms with Gasteiger partial charge in [-0.25, -0.2) is 8.78 Å². The molecule has 0 spiro atoms. The molecule has 0 fully saturated rings. The average Bonchev–Trinajstić information content (AvgIpc) is 2.53. The highest BCUT2D eigenvalue weighted by Crippen LogP contribution is 2.41. The molecule has 2 unspecified atom stereocenters. The fourth-order valence-corrected chi connectivity index (χ4v) is 3.04. The summed E-state index contributed by atoms with van der Waals surface area (Å²) in [5, 5.41) is 11.7. The molecule has 1 amide bonds. The Morgan fingerprint density at radius 3 is 2.48 bits per heavy atom. The predicted molar refractivity (Wildman–Crippen MR) is 75.4 cm³/mol. The van der Waals surface area contributed by atoms with E-state index in [4.69, 9.17) is 0 Å². The zero-order valence-electron chi connectivity index (χ0n) is 12.1. The number of carbonyl (C=O) groups excluding carboxylic acids is 2. The Kier molecular flexibility index (Phi) is 3.60. The minimum Gasteiger partial charge on any atom is -0.549 e. The highest BCUT2D eigenvalue weighted by molar-refractivity contribution is 6.00. The second-order valence-electron chi connectivity index (χ2n) is 5.42. The van der Waals surface area contributed by atoms with Crippen LogP contribution < -0.4 is 5.11 Å². The molecule has 0 bridgehead atoms. The number of hydrogen-bond acceptors (Lipinski definition) is 3. The van der Waals surface area contributed by atoms with Crippen molar-refractivity contribution in [2.75, 3.05) is 7.05 Å². The van der Waals surface area contributed by atoms with E-state index in [1.807, 2.05) is 0 Å². The smallest absolute Gasteiger partial charge is 0.254 e. The zero-order chi connectivity index (χ0) is 16.7. The van der Waals surface area contributed by atoms with Crippen molar-refractivity contribution in [2.24, 2.45) is 0 Å². The lowest BCUT2D eigenvalue weighted by Gasteiger charge is -2.41. The van der Waals surface area contributed by atoms with Crippen molar-refractivity contribution >= 4 is 11.9 Å². The average molecular weight is 316 g/mol. The summed E-state index contributed by atoms with van der Waals surface area (Å²) in [7, 11) is 1.43. The van der Waals surface area contributed by atoms with Gasteiger partial charge in [-0.2, -0.15) is 0 Å². The lowest BCUT2D eigenvalue weighted by molar-refractivity contribution is -0.309. The first-order valence-electron chi connectivity index (χ1n) is 6.93. The maximum atomic E-state index is 13.5. The van der Waals surface area contributed by atoms with Gasteiger partial charge in [0.25, 0.3) is 5.91 Å². The topological polar surface area (TPSA) is 60.4 Å².